The van der Waals surface area contributed by atoms with Crippen LogP contribution in [0.5, 0.6) is 0 Å². The molecule has 4 aliphatic rings. The maximum absolute atomic E-state index is 12.5. The predicted octanol–water partition coefficient (Wildman–Crippen LogP) is 2.75. The van der Waals surface area contributed by atoms with Gasteiger partial charge >= 0.3 is 0 Å². The highest BCUT2D eigenvalue weighted by molar-refractivity contribution is 6.01. The van der Waals surface area contributed by atoms with E-state index in [0.717, 1.165) is 19.3 Å². The Morgan fingerprint density at radius 3 is 2.77 bits per heavy atom. The third kappa shape index (κ3) is 1.97. The van der Waals surface area contributed by atoms with Crippen LogP contribution in [-0.4, -0.2) is 34.0 Å². The fraction of sp³-hybridized carbons (Fsp3) is 0.636. The number of aliphatic hydroxyl groups excluding tert-OH is 1. The summed E-state index contributed by atoms with van der Waals surface area (Å²) < 4.78 is 0. The summed E-state index contributed by atoms with van der Waals surface area (Å²) in [6.45, 7) is 5.54. The summed E-state index contributed by atoms with van der Waals surface area (Å²) in [5.41, 5.74) is 0.289. The molecule has 4 rings (SSSR count). The molecule has 0 aromatic rings. The SMILES string of the molecule is CC1CC2C3CCC4=CC(=O)C=CC4(C)C3=CCC2(C)C1(O)C(=O)CO. The highest BCUT2D eigenvalue weighted by Gasteiger charge is 2.66. The molecule has 0 saturated heterocycles. The maximum Gasteiger partial charge on any atom is 0.190 e. The third-order valence-electron chi connectivity index (χ3n) is 8.10. The number of aliphatic hydroxyl groups is 2. The maximum atomic E-state index is 12.5. The van der Waals surface area contributed by atoms with Crippen molar-refractivity contribution in [1.82, 2.24) is 0 Å². The average Bonchev–Trinajstić information content (AvgIpc) is 2.83. The number of rotatable bonds is 2. The molecule has 0 bridgehead atoms. The molecule has 0 heterocycles. The van der Waals surface area contributed by atoms with Gasteiger partial charge in [-0.1, -0.05) is 37.1 Å². The summed E-state index contributed by atoms with van der Waals surface area (Å²) >= 11 is 0. The van der Waals surface area contributed by atoms with E-state index in [4.69, 9.17) is 0 Å². The van der Waals surface area contributed by atoms with E-state index >= 15 is 0 Å². The van der Waals surface area contributed by atoms with Crippen LogP contribution in [0.15, 0.2) is 35.5 Å². The molecule has 4 heteroatoms. The molecule has 0 aromatic heterocycles. The highest BCUT2D eigenvalue weighted by Crippen LogP contribution is 2.66. The zero-order chi connectivity index (χ0) is 18.9. The Labute approximate surface area is 154 Å². The Hall–Kier alpha value is -1.52. The van der Waals surface area contributed by atoms with E-state index in [1.807, 2.05) is 19.9 Å². The van der Waals surface area contributed by atoms with Crippen molar-refractivity contribution in [3.63, 3.8) is 0 Å². The smallest absolute Gasteiger partial charge is 0.190 e. The quantitative estimate of drug-likeness (QED) is 0.746. The molecule has 26 heavy (non-hydrogen) atoms. The van der Waals surface area contributed by atoms with E-state index in [1.165, 1.54) is 11.1 Å². The zero-order valence-electron chi connectivity index (χ0n) is 15.8. The second-order valence-electron chi connectivity index (χ2n) is 9.12. The summed E-state index contributed by atoms with van der Waals surface area (Å²) in [4.78, 5) is 24.3. The summed E-state index contributed by atoms with van der Waals surface area (Å²) in [5.74, 6) is -0.0376. The van der Waals surface area contributed by atoms with E-state index < -0.39 is 23.4 Å². The van der Waals surface area contributed by atoms with Crippen molar-refractivity contribution in [3.8, 4) is 0 Å². The standard InChI is InChI=1S/C22H28O4/c1-13-10-18-16-5-4-14-11-15(24)6-8-20(14,2)17(16)7-9-21(18,3)22(13,26)19(25)12-23/h6-8,11,13,16,18,23,26H,4-5,9-10,12H2,1-3H3. The minimum atomic E-state index is -1.47. The molecule has 2 fully saturated rings. The number of allylic oxidation sites excluding steroid dienone is 6. The topological polar surface area (TPSA) is 74.6 Å². The van der Waals surface area contributed by atoms with Gasteiger partial charge in [0.25, 0.3) is 0 Å². The molecular formula is C22H28O4. The van der Waals surface area contributed by atoms with Crippen LogP contribution in [0.1, 0.15) is 46.5 Å². The second-order valence-corrected chi connectivity index (χ2v) is 9.12. The van der Waals surface area contributed by atoms with E-state index in [9.17, 15) is 19.8 Å². The van der Waals surface area contributed by atoms with Crippen molar-refractivity contribution in [2.75, 3.05) is 6.61 Å². The van der Waals surface area contributed by atoms with Gasteiger partial charge in [0.05, 0.1) is 0 Å². The summed E-state index contributed by atoms with van der Waals surface area (Å²) in [6.07, 6.45) is 10.9. The van der Waals surface area contributed by atoms with Crippen molar-refractivity contribution in [3.05, 3.63) is 35.5 Å². The van der Waals surface area contributed by atoms with Crippen LogP contribution in [0.4, 0.5) is 0 Å². The molecule has 2 N–H and O–H groups in total. The third-order valence-corrected chi connectivity index (χ3v) is 8.10. The van der Waals surface area contributed by atoms with Crippen LogP contribution >= 0.6 is 0 Å². The first-order chi connectivity index (χ1) is 12.2. The van der Waals surface area contributed by atoms with E-state index in [-0.39, 0.29) is 23.0 Å². The molecular weight excluding hydrogens is 328 g/mol. The Bertz CT molecular complexity index is 775. The first kappa shape index (κ1) is 17.9. The molecule has 0 amide bonds. The first-order valence-electron chi connectivity index (χ1n) is 9.70. The van der Waals surface area contributed by atoms with Crippen molar-refractivity contribution < 1.29 is 19.8 Å². The molecule has 4 nitrogen and oxygen atoms in total. The van der Waals surface area contributed by atoms with Crippen LogP contribution in [0.25, 0.3) is 0 Å². The van der Waals surface area contributed by atoms with Gasteiger partial charge in [-0.15, -0.1) is 0 Å². The van der Waals surface area contributed by atoms with Gasteiger partial charge in [-0.05, 0) is 62.5 Å². The number of hydrogen-bond donors (Lipinski definition) is 2. The van der Waals surface area contributed by atoms with E-state index in [2.05, 4.69) is 13.0 Å². The molecule has 2 saturated carbocycles. The lowest BCUT2D eigenvalue weighted by Gasteiger charge is -2.53. The zero-order valence-corrected chi connectivity index (χ0v) is 15.8. The number of Topliss-reactive ketones (excluding diaryl/α,β-unsaturated/α-hetero) is 1. The Morgan fingerprint density at radius 2 is 2.08 bits per heavy atom. The van der Waals surface area contributed by atoms with E-state index in [0.29, 0.717) is 12.3 Å². The minimum absolute atomic E-state index is 0.0644. The van der Waals surface area contributed by atoms with Crippen molar-refractivity contribution in [2.45, 2.75) is 52.1 Å². The normalized spacial score (nSPS) is 46.8. The molecule has 6 atom stereocenters. The fourth-order valence-corrected chi connectivity index (χ4v) is 6.58. The van der Waals surface area contributed by atoms with Gasteiger partial charge in [0.1, 0.15) is 12.2 Å². The summed E-state index contributed by atoms with van der Waals surface area (Å²) in [7, 11) is 0. The lowest BCUT2D eigenvalue weighted by atomic mass is 9.51. The van der Waals surface area contributed by atoms with Crippen LogP contribution < -0.4 is 0 Å². The summed E-state index contributed by atoms with van der Waals surface area (Å²) in [5, 5.41) is 20.9. The van der Waals surface area contributed by atoms with Crippen LogP contribution in [-0.2, 0) is 9.59 Å². The monoisotopic (exact) mass is 356 g/mol. The molecule has 0 aliphatic heterocycles. The van der Waals surface area contributed by atoms with Gasteiger partial charge in [0.2, 0.25) is 0 Å². The Balaban J connectivity index is 1.79. The van der Waals surface area contributed by atoms with Crippen LogP contribution in [0, 0.1) is 28.6 Å². The lowest BCUT2D eigenvalue weighted by Crippen LogP contribution is -2.57. The van der Waals surface area contributed by atoms with Gasteiger partial charge in [-0.3, -0.25) is 9.59 Å². The van der Waals surface area contributed by atoms with Crippen molar-refractivity contribution >= 4 is 11.6 Å². The number of hydrogen-bond acceptors (Lipinski definition) is 4. The largest absolute Gasteiger partial charge is 0.388 e. The molecule has 0 aromatic carbocycles. The van der Waals surface area contributed by atoms with Gasteiger partial charge in [-0.2, -0.15) is 0 Å². The Kier molecular flexibility index (Phi) is 3.78. The Morgan fingerprint density at radius 1 is 1.35 bits per heavy atom. The second kappa shape index (κ2) is 5.49. The van der Waals surface area contributed by atoms with Crippen LogP contribution in [0.2, 0.25) is 0 Å². The van der Waals surface area contributed by atoms with Crippen molar-refractivity contribution in [1.29, 1.82) is 0 Å². The molecule has 0 spiro atoms. The fourth-order valence-electron chi connectivity index (χ4n) is 6.58. The van der Waals surface area contributed by atoms with Gasteiger partial charge < -0.3 is 10.2 Å². The predicted molar refractivity (Wildman–Crippen MR) is 98.2 cm³/mol. The average molecular weight is 356 g/mol. The minimum Gasteiger partial charge on any atom is -0.388 e. The lowest BCUT2D eigenvalue weighted by molar-refractivity contribution is -0.161. The van der Waals surface area contributed by atoms with Gasteiger partial charge in [0.15, 0.2) is 11.6 Å². The van der Waals surface area contributed by atoms with E-state index in [1.54, 1.807) is 12.2 Å². The first-order valence-corrected chi connectivity index (χ1v) is 9.70. The number of carbonyl (C=O) groups excluding carboxylic acids is 2. The number of ketones is 2. The number of carbonyl (C=O) groups is 2. The van der Waals surface area contributed by atoms with Gasteiger partial charge in [-0.25, -0.2) is 0 Å². The van der Waals surface area contributed by atoms with Crippen molar-refractivity contribution in [2.24, 2.45) is 28.6 Å². The molecule has 4 aliphatic carbocycles. The molecule has 6 unspecified atom stereocenters. The molecule has 0 radical (unpaired) electrons. The molecule has 140 valence electrons. The summed E-state index contributed by atoms with van der Waals surface area (Å²) in [6, 6.07) is 0. The number of fused-ring (bicyclic) bond motifs is 5. The van der Waals surface area contributed by atoms with Crippen LogP contribution in [0.3, 0.4) is 0 Å². The highest BCUT2D eigenvalue weighted by atomic mass is 16.3. The van der Waals surface area contributed by atoms with Gasteiger partial charge in [0, 0.05) is 10.8 Å².